The Morgan fingerprint density at radius 3 is 2.43 bits per heavy atom. The van der Waals surface area contributed by atoms with Crippen molar-refractivity contribution < 1.29 is 9.47 Å². The molecule has 0 bridgehead atoms. The van der Waals surface area contributed by atoms with Gasteiger partial charge in [0.15, 0.2) is 5.96 Å². The van der Waals surface area contributed by atoms with Crippen LogP contribution < -0.4 is 15.4 Å². The zero-order chi connectivity index (χ0) is 16.8. The summed E-state index contributed by atoms with van der Waals surface area (Å²) in [6, 6.07) is 8.32. The molecular formula is C18H31N3O2. The predicted molar refractivity (Wildman–Crippen MR) is 96.4 cm³/mol. The Morgan fingerprint density at radius 1 is 1.04 bits per heavy atom. The van der Waals surface area contributed by atoms with Gasteiger partial charge in [-0.1, -0.05) is 25.5 Å². The van der Waals surface area contributed by atoms with Crippen molar-refractivity contribution in [2.24, 2.45) is 4.99 Å². The molecule has 0 aliphatic carbocycles. The maximum Gasteiger partial charge on any atom is 0.191 e. The van der Waals surface area contributed by atoms with Gasteiger partial charge in [0.2, 0.25) is 0 Å². The van der Waals surface area contributed by atoms with E-state index in [1.165, 1.54) is 5.56 Å². The Labute approximate surface area is 140 Å². The lowest BCUT2D eigenvalue weighted by Crippen LogP contribution is -2.39. The van der Waals surface area contributed by atoms with Crippen LogP contribution in [0.4, 0.5) is 0 Å². The molecule has 0 spiro atoms. The van der Waals surface area contributed by atoms with E-state index < -0.39 is 0 Å². The first-order valence-electron chi connectivity index (χ1n) is 8.54. The Bertz CT molecular complexity index is 432. The van der Waals surface area contributed by atoms with Crippen LogP contribution in [0.25, 0.3) is 0 Å². The van der Waals surface area contributed by atoms with Crippen molar-refractivity contribution in [2.75, 3.05) is 40.0 Å². The largest absolute Gasteiger partial charge is 0.494 e. The third kappa shape index (κ3) is 9.08. The van der Waals surface area contributed by atoms with Crippen molar-refractivity contribution in [3.05, 3.63) is 29.8 Å². The lowest BCUT2D eigenvalue weighted by atomic mass is 10.1. The molecule has 0 amide bonds. The number of benzene rings is 1. The zero-order valence-electron chi connectivity index (χ0n) is 14.7. The summed E-state index contributed by atoms with van der Waals surface area (Å²) >= 11 is 0. The van der Waals surface area contributed by atoms with E-state index >= 15 is 0 Å². The van der Waals surface area contributed by atoms with Crippen LogP contribution in [0.2, 0.25) is 0 Å². The van der Waals surface area contributed by atoms with E-state index in [9.17, 15) is 0 Å². The average Bonchev–Trinajstić information content (AvgIpc) is 2.58. The van der Waals surface area contributed by atoms with Gasteiger partial charge >= 0.3 is 0 Å². The summed E-state index contributed by atoms with van der Waals surface area (Å²) in [7, 11) is 1.78. The molecule has 0 aromatic heterocycles. The summed E-state index contributed by atoms with van der Waals surface area (Å²) in [6.07, 6.45) is 3.20. The highest BCUT2D eigenvalue weighted by Crippen LogP contribution is 2.12. The van der Waals surface area contributed by atoms with E-state index in [4.69, 9.17) is 9.47 Å². The smallest absolute Gasteiger partial charge is 0.191 e. The molecule has 5 heteroatoms. The fourth-order valence-electron chi connectivity index (χ4n) is 2.02. The standard InChI is InChI=1S/C18H31N3O2/c1-4-6-14-23-17-9-7-16(8-10-17)11-12-20-18(19-3)21-13-15-22-5-2/h7-10H,4-6,11-15H2,1-3H3,(H2,19,20,21). The van der Waals surface area contributed by atoms with Gasteiger partial charge in [-0.15, -0.1) is 0 Å². The normalized spacial score (nSPS) is 11.3. The zero-order valence-corrected chi connectivity index (χ0v) is 14.7. The number of hydrogen-bond donors (Lipinski definition) is 2. The summed E-state index contributed by atoms with van der Waals surface area (Å²) in [5.41, 5.74) is 1.28. The minimum atomic E-state index is 0.691. The monoisotopic (exact) mass is 321 g/mol. The van der Waals surface area contributed by atoms with E-state index in [2.05, 4.69) is 34.7 Å². The second kappa shape index (κ2) is 12.8. The number of nitrogens with one attached hydrogen (secondary N) is 2. The molecule has 1 aromatic rings. The van der Waals surface area contributed by atoms with Crippen molar-refractivity contribution >= 4 is 5.96 Å². The second-order valence-electron chi connectivity index (χ2n) is 5.22. The molecule has 2 N–H and O–H groups in total. The quantitative estimate of drug-likeness (QED) is 0.374. The summed E-state index contributed by atoms with van der Waals surface area (Å²) in [4.78, 5) is 4.19. The molecule has 5 nitrogen and oxygen atoms in total. The summed E-state index contributed by atoms with van der Waals surface area (Å²) in [5.74, 6) is 1.76. The number of nitrogens with zero attached hydrogens (tertiary/aromatic N) is 1. The SMILES string of the molecule is CCCCOc1ccc(CCNC(=NC)NCCOCC)cc1. The second-order valence-corrected chi connectivity index (χ2v) is 5.22. The average molecular weight is 321 g/mol. The maximum absolute atomic E-state index is 5.67. The number of unbranched alkanes of at least 4 members (excludes halogenated alkanes) is 1. The molecule has 0 aliphatic rings. The molecule has 1 rings (SSSR count). The van der Waals surface area contributed by atoms with Crippen LogP contribution in [0, 0.1) is 0 Å². The molecule has 0 saturated carbocycles. The highest BCUT2D eigenvalue weighted by molar-refractivity contribution is 5.79. The van der Waals surface area contributed by atoms with Crippen LogP contribution >= 0.6 is 0 Å². The fourth-order valence-corrected chi connectivity index (χ4v) is 2.02. The van der Waals surface area contributed by atoms with Gasteiger partial charge in [-0.05, 0) is 37.5 Å². The molecular weight excluding hydrogens is 290 g/mol. The highest BCUT2D eigenvalue weighted by atomic mass is 16.5. The van der Waals surface area contributed by atoms with E-state index in [1.807, 2.05) is 19.1 Å². The van der Waals surface area contributed by atoms with E-state index in [-0.39, 0.29) is 0 Å². The molecule has 0 radical (unpaired) electrons. The third-order valence-corrected chi connectivity index (χ3v) is 3.36. The number of hydrogen-bond acceptors (Lipinski definition) is 3. The maximum atomic E-state index is 5.67. The van der Waals surface area contributed by atoms with E-state index in [0.717, 1.165) is 57.3 Å². The van der Waals surface area contributed by atoms with Crippen molar-refractivity contribution in [2.45, 2.75) is 33.1 Å². The fraction of sp³-hybridized carbons (Fsp3) is 0.611. The van der Waals surface area contributed by atoms with Gasteiger partial charge < -0.3 is 20.1 Å². The number of ether oxygens (including phenoxy) is 2. The minimum Gasteiger partial charge on any atom is -0.494 e. The van der Waals surface area contributed by atoms with Gasteiger partial charge in [-0.2, -0.15) is 0 Å². The van der Waals surface area contributed by atoms with Crippen molar-refractivity contribution in [3.63, 3.8) is 0 Å². The van der Waals surface area contributed by atoms with Crippen molar-refractivity contribution in [1.82, 2.24) is 10.6 Å². The van der Waals surface area contributed by atoms with Gasteiger partial charge in [-0.25, -0.2) is 0 Å². The van der Waals surface area contributed by atoms with Gasteiger partial charge in [0.1, 0.15) is 5.75 Å². The third-order valence-electron chi connectivity index (χ3n) is 3.36. The molecule has 1 aromatic carbocycles. The molecule has 0 atom stereocenters. The predicted octanol–water partition coefficient (Wildman–Crippen LogP) is 2.61. The van der Waals surface area contributed by atoms with Crippen molar-refractivity contribution in [3.8, 4) is 5.75 Å². The number of rotatable bonds is 11. The topological polar surface area (TPSA) is 54.9 Å². The van der Waals surface area contributed by atoms with Gasteiger partial charge in [0.05, 0.1) is 13.2 Å². The lowest BCUT2D eigenvalue weighted by molar-refractivity contribution is 0.152. The number of guanidine groups is 1. The molecule has 0 unspecified atom stereocenters. The number of aliphatic imine (C=N–C) groups is 1. The van der Waals surface area contributed by atoms with Crippen LogP contribution in [0.3, 0.4) is 0 Å². The Morgan fingerprint density at radius 2 is 1.78 bits per heavy atom. The molecule has 0 aliphatic heterocycles. The Kier molecular flexibility index (Phi) is 10.7. The highest BCUT2D eigenvalue weighted by Gasteiger charge is 1.99. The van der Waals surface area contributed by atoms with Crippen LogP contribution in [-0.4, -0.2) is 45.9 Å². The van der Waals surface area contributed by atoms with Crippen LogP contribution in [0.15, 0.2) is 29.3 Å². The summed E-state index contributed by atoms with van der Waals surface area (Å²) in [6.45, 7) is 7.98. The lowest BCUT2D eigenvalue weighted by Gasteiger charge is -2.12. The molecule has 130 valence electrons. The first-order chi connectivity index (χ1) is 11.3. The van der Waals surface area contributed by atoms with E-state index in [1.54, 1.807) is 7.05 Å². The molecule has 23 heavy (non-hydrogen) atoms. The van der Waals surface area contributed by atoms with Crippen LogP contribution in [-0.2, 0) is 11.2 Å². The minimum absolute atomic E-state index is 0.691. The summed E-state index contributed by atoms with van der Waals surface area (Å²) in [5, 5.41) is 6.53. The van der Waals surface area contributed by atoms with Gasteiger partial charge in [0.25, 0.3) is 0 Å². The Hall–Kier alpha value is -1.75. The van der Waals surface area contributed by atoms with Crippen molar-refractivity contribution in [1.29, 1.82) is 0 Å². The van der Waals surface area contributed by atoms with Gasteiger partial charge in [0, 0.05) is 26.7 Å². The molecule has 0 saturated heterocycles. The first kappa shape index (κ1) is 19.3. The molecule has 0 heterocycles. The van der Waals surface area contributed by atoms with E-state index in [0.29, 0.717) is 6.61 Å². The Balaban J connectivity index is 2.23. The van der Waals surface area contributed by atoms with Crippen LogP contribution in [0.5, 0.6) is 5.75 Å². The van der Waals surface area contributed by atoms with Gasteiger partial charge in [-0.3, -0.25) is 4.99 Å². The first-order valence-corrected chi connectivity index (χ1v) is 8.54. The van der Waals surface area contributed by atoms with Crippen LogP contribution in [0.1, 0.15) is 32.3 Å². The molecule has 0 fully saturated rings. The summed E-state index contributed by atoms with van der Waals surface area (Å²) < 4.78 is 11.0.